The van der Waals surface area contributed by atoms with Crippen LogP contribution in [0.2, 0.25) is 0 Å². The molecule has 0 bridgehead atoms. The van der Waals surface area contributed by atoms with Crippen molar-refractivity contribution in [1.82, 2.24) is 19.9 Å². The monoisotopic (exact) mass is 807 g/mol. The maximum atomic E-state index is 5.53. The molecule has 2 aromatic heterocycles. The van der Waals surface area contributed by atoms with Gasteiger partial charge in [-0.1, -0.05) is 0 Å². The average Bonchev–Trinajstić information content (AvgIpc) is 3.19. The molecule has 0 saturated carbocycles. The summed E-state index contributed by atoms with van der Waals surface area (Å²) in [5.41, 5.74) is 11.4. The van der Waals surface area contributed by atoms with Gasteiger partial charge in [0, 0.05) is 0 Å². The minimum absolute atomic E-state index is 0.861. The van der Waals surface area contributed by atoms with Crippen molar-refractivity contribution in [1.29, 1.82) is 0 Å². The molecule has 0 spiro atoms. The molecular weight excluding hydrogens is 777 g/mol. The molecule has 0 aliphatic rings. The predicted molar refractivity (Wildman–Crippen MR) is 196 cm³/mol. The molecule has 0 radical (unpaired) electrons. The van der Waals surface area contributed by atoms with Crippen LogP contribution in [0.5, 0.6) is 0 Å². The third-order valence-electron chi connectivity index (χ3n) is 8.12. The summed E-state index contributed by atoms with van der Waals surface area (Å²) in [7, 11) is 0. The molecule has 0 fully saturated rings. The van der Waals surface area contributed by atoms with E-state index in [2.05, 4.69) is 146 Å². The quantitative estimate of drug-likeness (QED) is 0.154. The molecule has 0 N–H and O–H groups in total. The van der Waals surface area contributed by atoms with Gasteiger partial charge in [0.1, 0.15) is 0 Å². The van der Waals surface area contributed by atoms with Crippen molar-refractivity contribution in [3.8, 4) is 67.5 Å². The van der Waals surface area contributed by atoms with Gasteiger partial charge in [-0.25, -0.2) is 0 Å². The molecule has 0 amide bonds. The summed E-state index contributed by atoms with van der Waals surface area (Å²) in [4.78, 5) is 22.0. The first kappa shape index (κ1) is 30.5. The number of rotatable bonds is 8. The zero-order valence-corrected chi connectivity index (χ0v) is 28.8. The van der Waals surface area contributed by atoms with E-state index >= 15 is 0 Å². The van der Waals surface area contributed by atoms with Crippen LogP contribution in [0.4, 0.5) is 0 Å². The van der Waals surface area contributed by atoms with Crippen molar-refractivity contribution >= 4 is 8.42 Å². The van der Waals surface area contributed by atoms with Gasteiger partial charge in [0.05, 0.1) is 0 Å². The maximum absolute atomic E-state index is 5.53. The van der Waals surface area contributed by atoms with Crippen LogP contribution in [0.15, 0.2) is 182 Å². The van der Waals surface area contributed by atoms with Gasteiger partial charge in [0.25, 0.3) is 0 Å². The van der Waals surface area contributed by atoms with Crippen LogP contribution in [0.1, 0.15) is 0 Å². The van der Waals surface area contributed by atoms with E-state index in [0.29, 0.717) is 0 Å². The molecule has 0 saturated heterocycles. The van der Waals surface area contributed by atoms with Gasteiger partial charge in [-0.2, -0.15) is 0 Å². The molecule has 2 heterocycles. The summed E-state index contributed by atoms with van der Waals surface area (Å²) in [6.45, 7) is 0. The molecule has 49 heavy (non-hydrogen) atoms. The van der Waals surface area contributed by atoms with Crippen LogP contribution in [0.3, 0.4) is 0 Å². The van der Waals surface area contributed by atoms with Crippen molar-refractivity contribution in [2.24, 2.45) is 0 Å². The molecule has 8 rings (SSSR count). The summed E-state index contributed by atoms with van der Waals surface area (Å²) in [6, 6.07) is 62.2. The van der Waals surface area contributed by atoms with Crippen molar-refractivity contribution < 1.29 is 17.7 Å². The molecule has 0 atom stereocenters. The number of benzene rings is 6. The minimum atomic E-state index is -1.19. The molecular formula is C44H30IrN4+. The number of hydrogen-bond acceptors (Lipinski definition) is 4. The Hall–Kier alpha value is -5.87. The number of nitrogens with zero attached hydrogens (tertiary/aromatic N) is 4. The molecule has 6 aromatic carbocycles. The summed E-state index contributed by atoms with van der Waals surface area (Å²) < 4.78 is 1.92. The summed E-state index contributed by atoms with van der Waals surface area (Å²) in [6.07, 6.45) is 0. The molecule has 8 aromatic rings. The van der Waals surface area contributed by atoms with E-state index < -0.39 is 17.7 Å². The fraction of sp³-hybridized carbons (Fsp3) is 0. The molecule has 0 unspecified atom stereocenters. The normalized spacial score (nSPS) is 11.0. The topological polar surface area (TPSA) is 51.6 Å². The van der Waals surface area contributed by atoms with E-state index in [1.807, 2.05) is 36.4 Å². The fourth-order valence-corrected chi connectivity index (χ4v) is 8.61. The van der Waals surface area contributed by atoms with Gasteiger partial charge in [0.15, 0.2) is 0 Å². The summed E-state index contributed by atoms with van der Waals surface area (Å²) in [5.74, 6) is 0. The van der Waals surface area contributed by atoms with Crippen LogP contribution in [0, 0.1) is 0 Å². The number of hydrogen-bond donors (Lipinski definition) is 0. The van der Waals surface area contributed by atoms with Gasteiger partial charge in [-0.15, -0.1) is 0 Å². The van der Waals surface area contributed by atoms with Gasteiger partial charge < -0.3 is 0 Å². The zero-order chi connectivity index (χ0) is 32.8. The third kappa shape index (κ3) is 6.50. The van der Waals surface area contributed by atoms with E-state index in [1.54, 1.807) is 0 Å². The second kappa shape index (κ2) is 14.1. The van der Waals surface area contributed by atoms with Crippen molar-refractivity contribution in [3.05, 3.63) is 182 Å². The summed E-state index contributed by atoms with van der Waals surface area (Å²) in [5, 5.41) is 0. The Morgan fingerprint density at radius 2 is 0.429 bits per heavy atom. The molecule has 4 nitrogen and oxygen atoms in total. The fourth-order valence-electron chi connectivity index (χ4n) is 5.74. The van der Waals surface area contributed by atoms with Crippen LogP contribution in [0.25, 0.3) is 67.5 Å². The van der Waals surface area contributed by atoms with Crippen molar-refractivity contribution in [3.63, 3.8) is 0 Å². The SMILES string of the molecule is c1ccc(-c2nc(-c3ccccc3)c(-c3ccccc3)n[c]2[Ir+][c]2nc(-c3ccccc3)c(-c3ccccc3)nc2-c2ccccc2)cc1. The van der Waals surface area contributed by atoms with E-state index in [9.17, 15) is 0 Å². The Bertz CT molecular complexity index is 2150. The van der Waals surface area contributed by atoms with Crippen LogP contribution >= 0.6 is 0 Å². The summed E-state index contributed by atoms with van der Waals surface area (Å²) >= 11 is -1.19. The van der Waals surface area contributed by atoms with Crippen molar-refractivity contribution in [2.75, 3.05) is 0 Å². The van der Waals surface area contributed by atoms with Gasteiger partial charge >= 0.3 is 296 Å². The Kier molecular flexibility index (Phi) is 8.76. The Balaban J connectivity index is 1.40. The molecule has 0 aliphatic carbocycles. The van der Waals surface area contributed by atoms with E-state index in [0.717, 1.165) is 76.0 Å². The van der Waals surface area contributed by atoms with Crippen LogP contribution in [-0.2, 0) is 17.7 Å². The van der Waals surface area contributed by atoms with Crippen molar-refractivity contribution in [2.45, 2.75) is 0 Å². The Morgan fingerprint density at radius 1 is 0.224 bits per heavy atom. The predicted octanol–water partition coefficient (Wildman–Crippen LogP) is 9.30. The average molecular weight is 807 g/mol. The first-order valence-electron chi connectivity index (χ1n) is 16.1. The van der Waals surface area contributed by atoms with E-state index in [1.165, 1.54) is 0 Å². The first-order chi connectivity index (χ1) is 24.3. The van der Waals surface area contributed by atoms with Gasteiger partial charge in [-0.05, 0) is 0 Å². The molecule has 234 valence electrons. The Labute approximate surface area is 294 Å². The molecule has 5 heteroatoms. The third-order valence-corrected chi connectivity index (χ3v) is 10.9. The van der Waals surface area contributed by atoms with Crippen LogP contribution < -0.4 is 8.42 Å². The van der Waals surface area contributed by atoms with Gasteiger partial charge in [-0.3, -0.25) is 0 Å². The standard InChI is InChI=1S/2C22H15N2.Ir/c2*1-4-10-17(11-5-1)20-16-23-21(18-12-6-2-7-13-18)22(24-20)19-14-8-3-9-15-19;/h2*1-15H;/q;;+1. The van der Waals surface area contributed by atoms with Gasteiger partial charge in [0.2, 0.25) is 0 Å². The van der Waals surface area contributed by atoms with Crippen LogP contribution in [-0.4, -0.2) is 19.9 Å². The Morgan fingerprint density at radius 3 is 0.673 bits per heavy atom. The number of aromatic nitrogens is 4. The molecule has 0 aliphatic heterocycles. The zero-order valence-electron chi connectivity index (χ0n) is 26.4. The van der Waals surface area contributed by atoms with E-state index in [4.69, 9.17) is 19.9 Å². The second-order valence-electron chi connectivity index (χ2n) is 11.4. The second-order valence-corrected chi connectivity index (χ2v) is 14.2. The first-order valence-corrected chi connectivity index (χ1v) is 18.5. The van der Waals surface area contributed by atoms with E-state index in [-0.39, 0.29) is 0 Å².